The van der Waals surface area contributed by atoms with Gasteiger partial charge >= 0.3 is 0 Å². The highest BCUT2D eigenvalue weighted by atomic mass is 32.2. The number of hydrogen-bond acceptors (Lipinski definition) is 3. The fourth-order valence-electron chi connectivity index (χ4n) is 2.97. The molecule has 0 saturated heterocycles. The molecule has 0 aliphatic carbocycles. The summed E-state index contributed by atoms with van der Waals surface area (Å²) in [6.07, 6.45) is 0.677. The van der Waals surface area contributed by atoms with E-state index in [1.165, 1.54) is 0 Å². The molecule has 0 fully saturated rings. The SMILES string of the molecule is CCC(NS(=O)(=O)c1c(C)cc(OC)c(C)c1C)c1ccccc1. The molecule has 4 nitrogen and oxygen atoms in total. The first-order valence-corrected chi connectivity index (χ1v) is 9.52. The summed E-state index contributed by atoms with van der Waals surface area (Å²) in [6.45, 7) is 7.47. The molecule has 2 aromatic rings. The monoisotopic (exact) mass is 347 g/mol. The molecule has 0 spiro atoms. The fraction of sp³-hybridized carbons (Fsp3) is 0.368. The Morgan fingerprint density at radius 2 is 1.71 bits per heavy atom. The largest absolute Gasteiger partial charge is 0.496 e. The van der Waals surface area contributed by atoms with E-state index < -0.39 is 10.0 Å². The van der Waals surface area contributed by atoms with Gasteiger partial charge in [-0.15, -0.1) is 0 Å². The smallest absolute Gasteiger partial charge is 0.241 e. The molecule has 5 heteroatoms. The van der Waals surface area contributed by atoms with Gasteiger partial charge in [-0.1, -0.05) is 37.3 Å². The van der Waals surface area contributed by atoms with E-state index in [0.717, 1.165) is 16.7 Å². The molecule has 1 N–H and O–H groups in total. The molecule has 24 heavy (non-hydrogen) atoms. The van der Waals surface area contributed by atoms with E-state index in [0.29, 0.717) is 22.6 Å². The first-order valence-electron chi connectivity index (χ1n) is 8.03. The van der Waals surface area contributed by atoms with Crippen LogP contribution in [0.4, 0.5) is 0 Å². The van der Waals surface area contributed by atoms with Crippen molar-refractivity contribution in [1.29, 1.82) is 0 Å². The van der Waals surface area contributed by atoms with Crippen molar-refractivity contribution >= 4 is 10.0 Å². The Balaban J connectivity index is 2.46. The number of nitrogens with one attached hydrogen (secondary N) is 1. The van der Waals surface area contributed by atoms with Gasteiger partial charge in [0.1, 0.15) is 5.75 Å². The molecule has 0 aliphatic rings. The summed E-state index contributed by atoms with van der Waals surface area (Å²) in [7, 11) is -2.04. The molecule has 0 radical (unpaired) electrons. The summed E-state index contributed by atoms with van der Waals surface area (Å²) in [5, 5.41) is 0. The van der Waals surface area contributed by atoms with E-state index in [2.05, 4.69) is 4.72 Å². The van der Waals surface area contributed by atoms with Crippen LogP contribution < -0.4 is 9.46 Å². The molecule has 0 bridgehead atoms. The first kappa shape index (κ1) is 18.5. The summed E-state index contributed by atoms with van der Waals surface area (Å²) >= 11 is 0. The highest BCUT2D eigenvalue weighted by Gasteiger charge is 2.25. The summed E-state index contributed by atoms with van der Waals surface area (Å²) in [5.74, 6) is 0.707. The van der Waals surface area contributed by atoms with Crippen LogP contribution in [0, 0.1) is 20.8 Å². The molecular weight excluding hydrogens is 322 g/mol. The van der Waals surface area contributed by atoms with Gasteiger partial charge in [-0.05, 0) is 55.5 Å². The molecule has 130 valence electrons. The quantitative estimate of drug-likeness (QED) is 0.858. The molecule has 2 aromatic carbocycles. The first-order chi connectivity index (χ1) is 11.3. The zero-order chi connectivity index (χ0) is 17.9. The van der Waals surface area contributed by atoms with Gasteiger partial charge in [0.05, 0.1) is 12.0 Å². The highest BCUT2D eigenvalue weighted by molar-refractivity contribution is 7.89. The van der Waals surface area contributed by atoms with E-state index >= 15 is 0 Å². The number of aryl methyl sites for hydroxylation is 1. The molecule has 1 unspecified atom stereocenters. The number of benzene rings is 2. The van der Waals surface area contributed by atoms with Crippen molar-refractivity contribution in [3.8, 4) is 5.75 Å². The minimum absolute atomic E-state index is 0.252. The summed E-state index contributed by atoms with van der Waals surface area (Å²) in [4.78, 5) is 0.343. The van der Waals surface area contributed by atoms with Gasteiger partial charge in [-0.2, -0.15) is 0 Å². The lowest BCUT2D eigenvalue weighted by Gasteiger charge is -2.21. The van der Waals surface area contributed by atoms with Crippen molar-refractivity contribution in [2.45, 2.75) is 45.1 Å². The second-order valence-electron chi connectivity index (χ2n) is 5.97. The molecule has 0 saturated carbocycles. The van der Waals surface area contributed by atoms with E-state index in [1.54, 1.807) is 20.1 Å². The predicted molar refractivity (Wildman–Crippen MR) is 97.0 cm³/mol. The summed E-state index contributed by atoms with van der Waals surface area (Å²) in [6, 6.07) is 11.2. The Bertz CT molecular complexity index is 814. The number of ether oxygens (including phenoxy) is 1. The Morgan fingerprint density at radius 3 is 2.25 bits per heavy atom. The van der Waals surface area contributed by atoms with E-state index in [-0.39, 0.29) is 6.04 Å². The third-order valence-electron chi connectivity index (χ3n) is 4.37. The van der Waals surface area contributed by atoms with E-state index in [4.69, 9.17) is 4.74 Å². The molecule has 0 heterocycles. The van der Waals surface area contributed by atoms with Crippen molar-refractivity contribution in [2.24, 2.45) is 0 Å². The third kappa shape index (κ3) is 3.62. The third-order valence-corrected chi connectivity index (χ3v) is 6.14. The molecule has 0 aliphatic heterocycles. The second-order valence-corrected chi connectivity index (χ2v) is 7.62. The van der Waals surface area contributed by atoms with Crippen LogP contribution in [0.5, 0.6) is 5.75 Å². The Kier molecular flexibility index (Phi) is 5.67. The second kappa shape index (κ2) is 7.36. The van der Waals surface area contributed by atoms with Crippen LogP contribution in [-0.2, 0) is 10.0 Å². The van der Waals surface area contributed by atoms with Crippen molar-refractivity contribution in [2.75, 3.05) is 7.11 Å². The summed E-state index contributed by atoms with van der Waals surface area (Å²) < 4.78 is 34.2. The maximum Gasteiger partial charge on any atom is 0.241 e. The van der Waals surface area contributed by atoms with Gasteiger partial charge in [0.25, 0.3) is 0 Å². The van der Waals surface area contributed by atoms with Crippen LogP contribution in [0.2, 0.25) is 0 Å². The van der Waals surface area contributed by atoms with Crippen LogP contribution in [0.25, 0.3) is 0 Å². The Labute approximate surface area is 144 Å². The van der Waals surface area contributed by atoms with Gasteiger partial charge in [0.2, 0.25) is 10.0 Å². The average Bonchev–Trinajstić information content (AvgIpc) is 2.56. The lowest BCUT2D eigenvalue weighted by Crippen LogP contribution is -2.29. The maximum atomic E-state index is 13.0. The topological polar surface area (TPSA) is 55.4 Å². The minimum Gasteiger partial charge on any atom is -0.496 e. The van der Waals surface area contributed by atoms with Crippen LogP contribution in [0.1, 0.15) is 41.6 Å². The molecule has 0 aromatic heterocycles. The van der Waals surface area contributed by atoms with Crippen LogP contribution in [0.3, 0.4) is 0 Å². The van der Waals surface area contributed by atoms with Crippen molar-refractivity contribution in [3.05, 3.63) is 58.7 Å². The number of methoxy groups -OCH3 is 1. The highest BCUT2D eigenvalue weighted by Crippen LogP contribution is 2.31. The standard InChI is InChI=1S/C19H25NO3S/c1-6-17(16-10-8-7-9-11-16)20-24(21,22)19-13(2)12-18(23-5)14(3)15(19)4/h7-12,17,20H,6H2,1-5H3. The van der Waals surface area contributed by atoms with Crippen LogP contribution in [0.15, 0.2) is 41.3 Å². The van der Waals surface area contributed by atoms with Crippen molar-refractivity contribution in [3.63, 3.8) is 0 Å². The fourth-order valence-corrected chi connectivity index (χ4v) is 4.80. The van der Waals surface area contributed by atoms with Gasteiger partial charge in [-0.25, -0.2) is 13.1 Å². The molecular formula is C19H25NO3S. The van der Waals surface area contributed by atoms with Gasteiger partial charge in [-0.3, -0.25) is 0 Å². The lowest BCUT2D eigenvalue weighted by molar-refractivity contribution is 0.410. The zero-order valence-corrected chi connectivity index (χ0v) is 15.7. The molecule has 2 rings (SSSR count). The Hall–Kier alpha value is -1.85. The molecule has 0 amide bonds. The van der Waals surface area contributed by atoms with Gasteiger partial charge in [0.15, 0.2) is 0 Å². The zero-order valence-electron chi connectivity index (χ0n) is 14.9. The Morgan fingerprint density at radius 1 is 1.08 bits per heavy atom. The lowest BCUT2D eigenvalue weighted by atomic mass is 10.1. The van der Waals surface area contributed by atoms with Crippen LogP contribution in [-0.4, -0.2) is 15.5 Å². The van der Waals surface area contributed by atoms with E-state index in [1.807, 2.05) is 51.1 Å². The number of sulfonamides is 1. The van der Waals surface area contributed by atoms with E-state index in [9.17, 15) is 8.42 Å². The normalized spacial score (nSPS) is 12.9. The van der Waals surface area contributed by atoms with Crippen molar-refractivity contribution in [1.82, 2.24) is 4.72 Å². The number of hydrogen-bond donors (Lipinski definition) is 1. The maximum absolute atomic E-state index is 13.0. The van der Waals surface area contributed by atoms with Gasteiger partial charge < -0.3 is 4.74 Å². The summed E-state index contributed by atoms with van der Waals surface area (Å²) in [5.41, 5.74) is 3.22. The minimum atomic E-state index is -3.63. The predicted octanol–water partition coefficient (Wildman–Crippen LogP) is 4.05. The average molecular weight is 347 g/mol. The number of rotatable bonds is 6. The van der Waals surface area contributed by atoms with Gasteiger partial charge in [0, 0.05) is 6.04 Å². The van der Waals surface area contributed by atoms with Crippen molar-refractivity contribution < 1.29 is 13.2 Å². The van der Waals surface area contributed by atoms with Crippen LogP contribution >= 0.6 is 0 Å². The molecule has 1 atom stereocenters.